The third-order valence-electron chi connectivity index (χ3n) is 6.74. The first-order valence-corrected chi connectivity index (χ1v) is 13.3. The van der Waals surface area contributed by atoms with Crippen LogP contribution in [0.2, 0.25) is 5.02 Å². The highest BCUT2D eigenvalue weighted by Crippen LogP contribution is 2.47. The van der Waals surface area contributed by atoms with E-state index in [1.165, 1.54) is 17.2 Å². The maximum absolute atomic E-state index is 13.7. The minimum Gasteiger partial charge on any atom is -0.444 e. The van der Waals surface area contributed by atoms with Crippen molar-refractivity contribution in [2.75, 3.05) is 6.54 Å². The molecule has 11 heteroatoms. The Morgan fingerprint density at radius 3 is 2.51 bits per heavy atom. The highest BCUT2D eigenvalue weighted by Gasteiger charge is 2.55. The number of carbonyl (C=O) groups is 4. The molecule has 2 aromatic rings. The summed E-state index contributed by atoms with van der Waals surface area (Å²) in [6, 6.07) is 8.63. The molecule has 1 aromatic carbocycles. The number of ether oxygens (including phenoxy) is 1. The van der Waals surface area contributed by atoms with Crippen LogP contribution < -0.4 is 10.6 Å². The molecule has 0 radical (unpaired) electrons. The first-order chi connectivity index (χ1) is 18.4. The molecule has 39 heavy (non-hydrogen) atoms. The van der Waals surface area contributed by atoms with Crippen molar-refractivity contribution in [3.05, 3.63) is 64.4 Å². The topological polar surface area (TPSA) is 138 Å². The number of aromatic nitrogens is 1. The smallest absolute Gasteiger partial charge is 0.407 e. The molecule has 208 valence electrons. The standard InChI is InChI=1S/C28H33ClN4O6/c1-27(2,3)39-26(37)31-16-17-9-12-19(29)15-20(17)23(34)32-24(35)21-7-6-14-33(21)25(36)28(38,18-10-11-18)22-8-4-5-13-30-22/h4-5,8-9,12-13,15,18,21,38H,6-7,10-11,14,16H2,1-3H3,(H,31,37)(H,32,34,35)/t21-,28?/m0/s1. The molecule has 0 bridgehead atoms. The molecule has 1 aliphatic carbocycles. The van der Waals surface area contributed by atoms with Crippen molar-refractivity contribution in [2.24, 2.45) is 5.92 Å². The molecule has 1 aliphatic heterocycles. The van der Waals surface area contributed by atoms with Gasteiger partial charge in [0.05, 0.1) is 5.69 Å². The van der Waals surface area contributed by atoms with Gasteiger partial charge in [0.2, 0.25) is 5.91 Å². The van der Waals surface area contributed by atoms with Crippen LogP contribution >= 0.6 is 11.6 Å². The SMILES string of the molecule is CC(C)(C)OC(=O)NCc1ccc(Cl)cc1C(=O)NC(=O)[C@@H]1CCCN1C(=O)C(O)(c1ccccn1)C1CC1. The third kappa shape index (κ3) is 6.57. The van der Waals surface area contributed by atoms with Crippen molar-refractivity contribution in [1.82, 2.24) is 20.5 Å². The summed E-state index contributed by atoms with van der Waals surface area (Å²) < 4.78 is 5.24. The number of imide groups is 1. The fourth-order valence-electron chi connectivity index (χ4n) is 4.74. The van der Waals surface area contributed by atoms with Crippen molar-refractivity contribution in [2.45, 2.75) is 70.2 Å². The predicted molar refractivity (Wildman–Crippen MR) is 143 cm³/mol. The van der Waals surface area contributed by atoms with Crippen LogP contribution in [0.4, 0.5) is 4.79 Å². The molecule has 1 unspecified atom stereocenters. The zero-order chi connectivity index (χ0) is 28.4. The van der Waals surface area contributed by atoms with E-state index in [1.54, 1.807) is 51.1 Å². The van der Waals surface area contributed by atoms with E-state index >= 15 is 0 Å². The lowest BCUT2D eigenvalue weighted by molar-refractivity contribution is -0.158. The molecule has 2 aliphatic rings. The number of aliphatic hydroxyl groups is 1. The van der Waals surface area contributed by atoms with Gasteiger partial charge in [0.25, 0.3) is 11.8 Å². The average Bonchev–Trinajstić information content (AvgIpc) is 3.63. The number of pyridine rings is 1. The van der Waals surface area contributed by atoms with Crippen molar-refractivity contribution >= 4 is 35.4 Å². The summed E-state index contributed by atoms with van der Waals surface area (Å²) in [5.41, 5.74) is -1.75. The fraction of sp³-hybridized carbons (Fsp3) is 0.464. The molecule has 4 rings (SSSR count). The summed E-state index contributed by atoms with van der Waals surface area (Å²) in [6.07, 6.45) is 3.10. The molecule has 10 nitrogen and oxygen atoms in total. The Morgan fingerprint density at radius 2 is 1.87 bits per heavy atom. The fourth-order valence-corrected chi connectivity index (χ4v) is 4.91. The molecule has 3 N–H and O–H groups in total. The Balaban J connectivity index is 1.48. The number of amides is 4. The maximum Gasteiger partial charge on any atom is 0.407 e. The summed E-state index contributed by atoms with van der Waals surface area (Å²) in [4.78, 5) is 57.8. The Morgan fingerprint density at radius 1 is 1.13 bits per heavy atom. The number of nitrogens with one attached hydrogen (secondary N) is 2. The third-order valence-corrected chi connectivity index (χ3v) is 6.98. The van der Waals surface area contributed by atoms with Gasteiger partial charge in [0.15, 0.2) is 5.60 Å². The van der Waals surface area contributed by atoms with Crippen LogP contribution in [0.3, 0.4) is 0 Å². The lowest BCUT2D eigenvalue weighted by Crippen LogP contribution is -2.54. The van der Waals surface area contributed by atoms with Gasteiger partial charge in [0, 0.05) is 35.8 Å². The van der Waals surface area contributed by atoms with Crippen molar-refractivity contribution in [3.8, 4) is 0 Å². The number of hydrogen-bond donors (Lipinski definition) is 3. The quantitative estimate of drug-likeness (QED) is 0.445. The zero-order valence-corrected chi connectivity index (χ0v) is 23.0. The van der Waals surface area contributed by atoms with Crippen LogP contribution in [0.5, 0.6) is 0 Å². The molecular formula is C28H33ClN4O6. The van der Waals surface area contributed by atoms with Gasteiger partial charge in [-0.3, -0.25) is 24.7 Å². The van der Waals surface area contributed by atoms with E-state index in [0.717, 1.165) is 0 Å². The Labute approximate surface area is 232 Å². The molecule has 1 aromatic heterocycles. The molecule has 1 saturated carbocycles. The number of hydrogen-bond acceptors (Lipinski definition) is 7. The minimum absolute atomic E-state index is 0.0322. The van der Waals surface area contributed by atoms with Gasteiger partial charge < -0.3 is 20.1 Å². The lowest BCUT2D eigenvalue weighted by atomic mass is 9.90. The van der Waals surface area contributed by atoms with Crippen LogP contribution in [0.15, 0.2) is 42.6 Å². The van der Waals surface area contributed by atoms with Gasteiger partial charge >= 0.3 is 6.09 Å². The van der Waals surface area contributed by atoms with E-state index in [-0.39, 0.29) is 35.3 Å². The summed E-state index contributed by atoms with van der Waals surface area (Å²) in [5.74, 6) is -2.24. The molecule has 2 fully saturated rings. The highest BCUT2D eigenvalue weighted by atomic mass is 35.5. The second-order valence-electron chi connectivity index (χ2n) is 10.9. The Kier molecular flexibility index (Phi) is 8.27. The number of halogens is 1. The van der Waals surface area contributed by atoms with Gasteiger partial charge in [-0.15, -0.1) is 0 Å². The first kappa shape index (κ1) is 28.5. The van der Waals surface area contributed by atoms with Gasteiger partial charge in [0.1, 0.15) is 11.6 Å². The van der Waals surface area contributed by atoms with Crippen LogP contribution in [-0.2, 0) is 26.5 Å². The Bertz CT molecular complexity index is 1260. The zero-order valence-electron chi connectivity index (χ0n) is 22.2. The van der Waals surface area contributed by atoms with Gasteiger partial charge in [-0.05, 0) is 76.3 Å². The molecule has 2 atom stereocenters. The van der Waals surface area contributed by atoms with Gasteiger partial charge in [-0.1, -0.05) is 23.7 Å². The van der Waals surface area contributed by atoms with E-state index in [9.17, 15) is 24.3 Å². The average molecular weight is 557 g/mol. The summed E-state index contributed by atoms with van der Waals surface area (Å²) >= 11 is 6.12. The molecule has 2 heterocycles. The van der Waals surface area contributed by atoms with Gasteiger partial charge in [-0.25, -0.2) is 4.79 Å². The lowest BCUT2D eigenvalue weighted by Gasteiger charge is -2.33. The summed E-state index contributed by atoms with van der Waals surface area (Å²) in [5, 5.41) is 16.8. The van der Waals surface area contributed by atoms with Crippen molar-refractivity contribution < 1.29 is 29.0 Å². The minimum atomic E-state index is -1.83. The first-order valence-electron chi connectivity index (χ1n) is 13.0. The number of likely N-dealkylation sites (tertiary alicyclic amines) is 1. The molecular weight excluding hydrogens is 524 g/mol. The number of nitrogens with zero attached hydrogens (tertiary/aromatic N) is 2. The van der Waals surface area contributed by atoms with E-state index < -0.39 is 41.1 Å². The van der Waals surface area contributed by atoms with E-state index in [2.05, 4.69) is 15.6 Å². The second kappa shape index (κ2) is 11.3. The van der Waals surface area contributed by atoms with Crippen molar-refractivity contribution in [1.29, 1.82) is 0 Å². The molecule has 4 amide bonds. The summed E-state index contributed by atoms with van der Waals surface area (Å²) in [7, 11) is 0. The number of alkyl carbamates (subject to hydrolysis) is 1. The predicted octanol–water partition coefficient (Wildman–Crippen LogP) is 3.30. The number of benzene rings is 1. The Hall–Kier alpha value is -3.50. The normalized spacial score (nSPS) is 18.7. The molecule has 1 saturated heterocycles. The van der Waals surface area contributed by atoms with Crippen molar-refractivity contribution in [3.63, 3.8) is 0 Å². The second-order valence-corrected chi connectivity index (χ2v) is 11.3. The maximum atomic E-state index is 13.7. The van der Waals surface area contributed by atoms with Gasteiger partial charge in [-0.2, -0.15) is 0 Å². The van der Waals surface area contributed by atoms with Crippen LogP contribution in [0.25, 0.3) is 0 Å². The van der Waals surface area contributed by atoms with E-state index in [0.29, 0.717) is 31.2 Å². The largest absolute Gasteiger partial charge is 0.444 e. The summed E-state index contributed by atoms with van der Waals surface area (Å²) in [6.45, 7) is 5.44. The monoisotopic (exact) mass is 556 g/mol. The molecule has 0 spiro atoms. The van der Waals surface area contributed by atoms with Crippen LogP contribution in [0, 0.1) is 5.92 Å². The highest BCUT2D eigenvalue weighted by molar-refractivity contribution is 6.31. The number of rotatable bonds is 7. The van der Waals surface area contributed by atoms with E-state index in [1.807, 2.05) is 0 Å². The number of carbonyl (C=O) groups excluding carboxylic acids is 4. The van der Waals surface area contributed by atoms with E-state index in [4.69, 9.17) is 16.3 Å². The van der Waals surface area contributed by atoms with Crippen LogP contribution in [0.1, 0.15) is 68.1 Å². The van der Waals surface area contributed by atoms with Crippen LogP contribution in [-0.4, -0.2) is 57.0 Å².